The molecule has 0 N–H and O–H groups in total. The fraction of sp³-hybridized carbons (Fsp3) is 0.214. The minimum Gasteiger partial charge on any atom is -0.449 e. The van der Waals surface area contributed by atoms with E-state index in [1.54, 1.807) is 0 Å². The Bertz CT molecular complexity index is 2580. The Labute approximate surface area is 384 Å². The van der Waals surface area contributed by atoms with Gasteiger partial charge in [0.25, 0.3) is 0 Å². The summed E-state index contributed by atoms with van der Waals surface area (Å²) in [5.41, 5.74) is 0. The highest BCUT2D eigenvalue weighted by molar-refractivity contribution is 9.11. The number of esters is 9. The largest absolute Gasteiger partial charge is 0.449 e. The molecule has 0 heterocycles. The van der Waals surface area contributed by atoms with Crippen molar-refractivity contribution in [3.63, 3.8) is 0 Å². The average molecular weight is 1030 g/mol. The smallest absolute Gasteiger partial charge is 0.308 e. The van der Waals surface area contributed by atoms with Gasteiger partial charge in [-0.15, -0.1) is 0 Å². The third-order valence-electron chi connectivity index (χ3n) is 7.01. The number of carbonyl (C=O) groups excluding carboxylic acids is 9. The molecule has 0 radical (unpaired) electrons. The van der Waals surface area contributed by atoms with Crippen molar-refractivity contribution in [2.24, 2.45) is 0 Å². The zero-order valence-electron chi connectivity index (χ0n) is 35.4. The van der Waals surface area contributed by atoms with Crippen LogP contribution < -0.4 is 56.8 Å². The highest BCUT2D eigenvalue weighted by Gasteiger charge is 2.30. The second-order valence-corrected chi connectivity index (χ2v) is 14.3. The van der Waals surface area contributed by atoms with E-state index in [0.29, 0.717) is 0 Å². The van der Waals surface area contributed by atoms with Gasteiger partial charge in [0, 0.05) is 105 Å². The molecule has 342 valence electrons. The van der Waals surface area contributed by atoms with E-state index in [2.05, 4.69) is 31.9 Å². The van der Waals surface area contributed by atoms with Gasteiger partial charge in [0.2, 0.25) is 17.2 Å². The molecule has 23 heteroatoms. The fourth-order valence-corrected chi connectivity index (χ4v) is 5.98. The first-order chi connectivity index (χ1) is 30.4. The molecule has 0 atom stereocenters. The third kappa shape index (κ3) is 14.2. The number of benzene rings is 4. The maximum atomic E-state index is 12.6. The molecule has 0 saturated heterocycles. The van der Waals surface area contributed by atoms with Gasteiger partial charge in [0.05, 0.1) is 0 Å². The van der Waals surface area contributed by atoms with E-state index in [4.69, 9.17) is 56.8 Å². The maximum absolute atomic E-state index is 12.6. The Morgan fingerprint density at radius 3 is 0.908 bits per heavy atom. The van der Waals surface area contributed by atoms with Crippen LogP contribution in [0.15, 0.2) is 51.4 Å². The summed E-state index contributed by atoms with van der Waals surface area (Å²) in [7, 11) is 0. The average Bonchev–Trinajstić information content (AvgIpc) is 3.14. The Balaban J connectivity index is 2.00. The van der Waals surface area contributed by atoms with Gasteiger partial charge in [-0.3, -0.25) is 43.2 Å². The van der Waals surface area contributed by atoms with E-state index >= 15 is 0 Å². The highest BCUT2D eigenvalue weighted by atomic mass is 79.9. The zero-order chi connectivity index (χ0) is 48.4. The van der Waals surface area contributed by atoms with E-state index in [9.17, 15) is 43.2 Å². The van der Waals surface area contributed by atoms with Gasteiger partial charge in [-0.1, -0.05) is 0 Å². The lowest BCUT2D eigenvalue weighted by Crippen LogP contribution is -2.10. The molecule has 65 heavy (non-hydrogen) atoms. The summed E-state index contributed by atoms with van der Waals surface area (Å²) in [6, 6.07) is 7.66. The molecule has 0 aliphatic rings. The summed E-state index contributed by atoms with van der Waals surface area (Å²) in [6.45, 7) is 9.44. The number of hydrogen-bond donors (Lipinski definition) is 0. The van der Waals surface area contributed by atoms with Gasteiger partial charge >= 0.3 is 53.7 Å². The van der Waals surface area contributed by atoms with Crippen LogP contribution in [0.5, 0.6) is 86.2 Å². The molecule has 0 aromatic heterocycles. The van der Waals surface area contributed by atoms with E-state index in [1.165, 1.54) is 12.1 Å². The zero-order valence-corrected chi connectivity index (χ0v) is 38.5. The first-order valence-electron chi connectivity index (χ1n) is 18.2. The highest BCUT2D eigenvalue weighted by Crippen LogP contribution is 2.55. The van der Waals surface area contributed by atoms with Crippen molar-refractivity contribution in [3.8, 4) is 86.2 Å². The summed E-state index contributed by atoms with van der Waals surface area (Å²) in [5, 5.41) is 0. The minimum absolute atomic E-state index is 0.0176. The van der Waals surface area contributed by atoms with Crippen LogP contribution in [0.2, 0.25) is 0 Å². The predicted molar refractivity (Wildman–Crippen MR) is 223 cm³/mol. The van der Waals surface area contributed by atoms with Crippen molar-refractivity contribution in [2.75, 3.05) is 0 Å². The molecular formula is C42H34Br2O21. The molecule has 4 aromatic rings. The molecule has 4 aromatic carbocycles. The summed E-state index contributed by atoms with van der Waals surface area (Å²) in [6.07, 6.45) is 0. The van der Waals surface area contributed by atoms with Gasteiger partial charge in [0.1, 0.15) is 37.7 Å². The van der Waals surface area contributed by atoms with Gasteiger partial charge in [-0.25, -0.2) is 0 Å². The SMILES string of the molecule is CC(=O)Oc1cc(OC(C)=O)c(Br)c(Oc2c(OC(C)=O)cc(Oc3c(OC(C)=O)cc(Oc4c(OC(C)=O)cc(OC(C)=O)cc4OC(C)=O)c(Br)c3OC(C)=O)cc2OC(C)=O)c1. The normalized spacial score (nSPS) is 10.3. The van der Waals surface area contributed by atoms with Gasteiger partial charge in [-0.05, 0) is 31.9 Å². The number of ether oxygens (including phenoxy) is 12. The molecule has 0 saturated carbocycles. The van der Waals surface area contributed by atoms with Crippen molar-refractivity contribution in [1.82, 2.24) is 0 Å². The quantitative estimate of drug-likeness (QED) is 0.0808. The van der Waals surface area contributed by atoms with Crippen molar-refractivity contribution in [3.05, 3.63) is 51.4 Å². The van der Waals surface area contributed by atoms with Gasteiger partial charge in [0.15, 0.2) is 40.2 Å². The maximum Gasteiger partial charge on any atom is 0.308 e. The van der Waals surface area contributed by atoms with Crippen molar-refractivity contribution >= 4 is 85.6 Å². The lowest BCUT2D eigenvalue weighted by Gasteiger charge is -2.21. The molecule has 0 unspecified atom stereocenters. The second kappa shape index (κ2) is 21.7. The van der Waals surface area contributed by atoms with Crippen LogP contribution in [-0.4, -0.2) is 53.7 Å². The number of halogens is 2. The van der Waals surface area contributed by atoms with E-state index in [-0.39, 0.29) is 43.4 Å². The standard InChI is InChI=1S/C42H34Br2O21/c1-17(45)54-26-10-29(56-19(3)47)37(43)30(11-26)64-39-34(59-22(6)50)14-28(15-35(39)60-23(7)51)63-41-36(61-24(8)52)16-31(38(44)42(41)62-25(9)53)65-40-32(57-20(4)48)12-27(55-18(2)46)13-33(40)58-21(5)49/h10-16H,1-9H3. The Morgan fingerprint density at radius 2 is 0.554 bits per heavy atom. The summed E-state index contributed by atoms with van der Waals surface area (Å²) < 4.78 is 65.9. The Kier molecular flexibility index (Phi) is 16.7. The van der Waals surface area contributed by atoms with Crippen LogP contribution in [0.25, 0.3) is 0 Å². The molecular weight excluding hydrogens is 1000 g/mol. The van der Waals surface area contributed by atoms with E-state index in [0.717, 1.165) is 92.6 Å². The van der Waals surface area contributed by atoms with Crippen LogP contribution >= 0.6 is 31.9 Å². The van der Waals surface area contributed by atoms with Crippen LogP contribution in [0.1, 0.15) is 62.3 Å². The topological polar surface area (TPSA) is 264 Å². The van der Waals surface area contributed by atoms with Crippen molar-refractivity contribution in [2.45, 2.75) is 62.3 Å². The minimum atomic E-state index is -0.965. The van der Waals surface area contributed by atoms with E-state index < -0.39 is 105 Å². The summed E-state index contributed by atoms with van der Waals surface area (Å²) >= 11 is 6.55. The fourth-order valence-electron chi connectivity index (χ4n) is 5.13. The molecule has 21 nitrogen and oxygen atoms in total. The van der Waals surface area contributed by atoms with Gasteiger partial charge < -0.3 is 56.8 Å². The predicted octanol–water partition coefficient (Wildman–Crippen LogP) is 7.92. The molecule has 0 bridgehead atoms. The second-order valence-electron chi connectivity index (χ2n) is 12.7. The lowest BCUT2D eigenvalue weighted by molar-refractivity contribution is -0.133. The summed E-state index contributed by atoms with van der Waals surface area (Å²) in [5.74, 6) is -13.8. The molecule has 0 amide bonds. The van der Waals surface area contributed by atoms with E-state index in [1.807, 2.05) is 0 Å². The van der Waals surface area contributed by atoms with Crippen LogP contribution in [0, 0.1) is 0 Å². The van der Waals surface area contributed by atoms with Gasteiger partial charge in [-0.2, -0.15) is 0 Å². The van der Waals surface area contributed by atoms with Crippen molar-refractivity contribution < 1.29 is 100.0 Å². The molecule has 0 fully saturated rings. The first kappa shape index (κ1) is 50.1. The number of rotatable bonds is 15. The third-order valence-corrected chi connectivity index (χ3v) is 8.54. The number of hydrogen-bond acceptors (Lipinski definition) is 21. The molecule has 0 aliphatic heterocycles. The van der Waals surface area contributed by atoms with Crippen LogP contribution in [0.4, 0.5) is 0 Å². The summed E-state index contributed by atoms with van der Waals surface area (Å²) in [4.78, 5) is 110. The van der Waals surface area contributed by atoms with Crippen LogP contribution in [0.3, 0.4) is 0 Å². The molecule has 4 rings (SSSR count). The molecule has 0 spiro atoms. The molecule has 0 aliphatic carbocycles. The van der Waals surface area contributed by atoms with Crippen LogP contribution in [-0.2, 0) is 43.2 Å². The lowest BCUT2D eigenvalue weighted by atomic mass is 10.2. The monoisotopic (exact) mass is 1030 g/mol. The first-order valence-corrected chi connectivity index (χ1v) is 19.7. The Hall–Kier alpha value is -7.53. The Morgan fingerprint density at radius 1 is 0.277 bits per heavy atom. The number of carbonyl (C=O) groups is 9. The van der Waals surface area contributed by atoms with Crippen molar-refractivity contribution in [1.29, 1.82) is 0 Å².